The number of nitrogens with zero attached hydrogens (tertiary/aromatic N) is 2. The van der Waals surface area contributed by atoms with Crippen molar-refractivity contribution in [2.75, 3.05) is 39.3 Å². The molecular formula is C15H31IN4O. The fourth-order valence-electron chi connectivity index (χ4n) is 2.89. The third kappa shape index (κ3) is 5.56. The summed E-state index contributed by atoms with van der Waals surface area (Å²) in [5, 5.41) is 16.1. The van der Waals surface area contributed by atoms with E-state index in [9.17, 15) is 5.11 Å². The molecule has 1 aliphatic carbocycles. The van der Waals surface area contributed by atoms with Crippen molar-refractivity contribution < 1.29 is 5.11 Å². The van der Waals surface area contributed by atoms with Crippen molar-refractivity contribution in [1.82, 2.24) is 15.5 Å². The summed E-state index contributed by atoms with van der Waals surface area (Å²) in [4.78, 5) is 7.18. The molecule has 5 nitrogen and oxygen atoms in total. The van der Waals surface area contributed by atoms with E-state index in [0.717, 1.165) is 45.0 Å². The quantitative estimate of drug-likeness (QED) is 0.338. The summed E-state index contributed by atoms with van der Waals surface area (Å²) in [5.74, 6) is 0.898. The molecule has 0 aromatic rings. The number of halogens is 1. The van der Waals surface area contributed by atoms with E-state index in [-0.39, 0.29) is 36.0 Å². The molecule has 2 aliphatic rings. The summed E-state index contributed by atoms with van der Waals surface area (Å²) in [6.07, 6.45) is 4.81. The summed E-state index contributed by atoms with van der Waals surface area (Å²) in [5.41, 5.74) is 0.0885. The number of likely N-dealkylation sites (tertiary alicyclic amines) is 1. The van der Waals surface area contributed by atoms with Gasteiger partial charge in [-0.15, -0.1) is 24.0 Å². The van der Waals surface area contributed by atoms with Crippen LogP contribution < -0.4 is 10.6 Å². The molecule has 0 aromatic carbocycles. The summed E-state index contributed by atoms with van der Waals surface area (Å²) >= 11 is 0. The molecule has 0 spiro atoms. The molecular weight excluding hydrogens is 379 g/mol. The van der Waals surface area contributed by atoms with Gasteiger partial charge < -0.3 is 15.7 Å². The molecule has 1 heterocycles. The van der Waals surface area contributed by atoms with Gasteiger partial charge in [-0.3, -0.25) is 9.89 Å². The minimum Gasteiger partial charge on any atom is -0.396 e. The normalized spacial score (nSPS) is 24.5. The first-order valence-electron chi connectivity index (χ1n) is 8.10. The third-order valence-corrected chi connectivity index (χ3v) is 4.62. The zero-order chi connectivity index (χ0) is 14.4. The monoisotopic (exact) mass is 410 g/mol. The van der Waals surface area contributed by atoms with Crippen molar-refractivity contribution in [2.24, 2.45) is 10.4 Å². The lowest BCUT2D eigenvalue weighted by atomic mass is 10.1. The molecule has 1 saturated carbocycles. The van der Waals surface area contributed by atoms with Crippen LogP contribution in [-0.4, -0.2) is 61.3 Å². The predicted molar refractivity (Wildman–Crippen MR) is 98.4 cm³/mol. The van der Waals surface area contributed by atoms with Crippen LogP contribution >= 0.6 is 24.0 Å². The second kappa shape index (κ2) is 9.15. The van der Waals surface area contributed by atoms with Gasteiger partial charge in [0.25, 0.3) is 0 Å². The van der Waals surface area contributed by atoms with Gasteiger partial charge in [-0.05, 0) is 45.7 Å². The molecule has 1 aliphatic heterocycles. The number of aliphatic hydroxyl groups excluding tert-OH is 1. The van der Waals surface area contributed by atoms with Gasteiger partial charge in [0.05, 0.1) is 13.2 Å². The number of hydrogen-bond donors (Lipinski definition) is 3. The molecule has 0 amide bonds. The van der Waals surface area contributed by atoms with Crippen molar-refractivity contribution in [1.29, 1.82) is 0 Å². The molecule has 2 rings (SSSR count). The first kappa shape index (κ1) is 19.0. The first-order valence-corrected chi connectivity index (χ1v) is 8.10. The number of aliphatic hydroxyl groups is 1. The van der Waals surface area contributed by atoms with Gasteiger partial charge in [-0.1, -0.05) is 6.92 Å². The Morgan fingerprint density at radius 3 is 2.67 bits per heavy atom. The molecule has 3 N–H and O–H groups in total. The Kier molecular flexibility index (Phi) is 8.26. The lowest BCUT2D eigenvalue weighted by Gasteiger charge is -2.24. The molecule has 2 fully saturated rings. The van der Waals surface area contributed by atoms with E-state index in [1.807, 2.05) is 0 Å². The van der Waals surface area contributed by atoms with E-state index in [1.165, 1.54) is 19.4 Å². The Bertz CT molecular complexity index is 334. The van der Waals surface area contributed by atoms with Crippen LogP contribution in [0, 0.1) is 5.41 Å². The van der Waals surface area contributed by atoms with Crippen LogP contribution in [0.15, 0.2) is 4.99 Å². The average molecular weight is 410 g/mol. The van der Waals surface area contributed by atoms with Crippen molar-refractivity contribution >= 4 is 29.9 Å². The highest BCUT2D eigenvalue weighted by atomic mass is 127. The minimum absolute atomic E-state index is 0. The molecule has 0 bridgehead atoms. The topological polar surface area (TPSA) is 59.9 Å². The number of hydrogen-bond acceptors (Lipinski definition) is 3. The van der Waals surface area contributed by atoms with E-state index >= 15 is 0 Å². The lowest BCUT2D eigenvalue weighted by molar-refractivity contribution is 0.216. The van der Waals surface area contributed by atoms with Crippen LogP contribution in [0.5, 0.6) is 0 Å². The van der Waals surface area contributed by atoms with E-state index in [4.69, 9.17) is 0 Å². The van der Waals surface area contributed by atoms with E-state index in [1.54, 1.807) is 0 Å². The minimum atomic E-state index is 0. The maximum Gasteiger partial charge on any atom is 0.191 e. The smallest absolute Gasteiger partial charge is 0.191 e. The Morgan fingerprint density at radius 1 is 1.33 bits per heavy atom. The van der Waals surface area contributed by atoms with Gasteiger partial charge in [-0.25, -0.2) is 0 Å². The molecule has 1 saturated heterocycles. The lowest BCUT2D eigenvalue weighted by Crippen LogP contribution is -2.45. The number of guanidine groups is 1. The highest BCUT2D eigenvalue weighted by Crippen LogP contribution is 2.45. The van der Waals surface area contributed by atoms with Gasteiger partial charge in [0.15, 0.2) is 5.96 Å². The highest BCUT2D eigenvalue weighted by molar-refractivity contribution is 14.0. The van der Waals surface area contributed by atoms with Crippen LogP contribution in [0.25, 0.3) is 0 Å². The van der Waals surface area contributed by atoms with Crippen molar-refractivity contribution in [3.8, 4) is 0 Å². The van der Waals surface area contributed by atoms with Gasteiger partial charge in [-0.2, -0.15) is 0 Å². The van der Waals surface area contributed by atoms with Crippen molar-refractivity contribution in [3.63, 3.8) is 0 Å². The summed E-state index contributed by atoms with van der Waals surface area (Å²) in [6.45, 7) is 9.52. The number of nitrogens with one attached hydrogen (secondary N) is 2. The molecule has 1 unspecified atom stereocenters. The maximum absolute atomic E-state index is 9.35. The third-order valence-electron chi connectivity index (χ3n) is 4.62. The molecule has 21 heavy (non-hydrogen) atoms. The SMILES string of the molecule is CCNC(=NCC1(CO)CC1)NCC1CCCN1CC.I. The summed E-state index contributed by atoms with van der Waals surface area (Å²) in [6, 6.07) is 0.636. The van der Waals surface area contributed by atoms with Crippen LogP contribution in [0.2, 0.25) is 0 Å². The number of aliphatic imine (C=N–C) groups is 1. The molecule has 6 heteroatoms. The van der Waals surface area contributed by atoms with Crippen molar-refractivity contribution in [2.45, 2.75) is 45.6 Å². The Balaban J connectivity index is 0.00000220. The Labute approximate surface area is 146 Å². The van der Waals surface area contributed by atoms with E-state index in [0.29, 0.717) is 6.04 Å². The second-order valence-corrected chi connectivity index (χ2v) is 6.16. The molecule has 1 atom stereocenters. The van der Waals surface area contributed by atoms with Crippen molar-refractivity contribution in [3.05, 3.63) is 0 Å². The van der Waals surface area contributed by atoms with Gasteiger partial charge >= 0.3 is 0 Å². The largest absolute Gasteiger partial charge is 0.396 e. The zero-order valence-electron chi connectivity index (χ0n) is 13.4. The Hall–Kier alpha value is -0.0800. The standard InChI is InChI=1S/C15H30N4O.HI/c1-3-16-14(18-11-15(12-20)7-8-15)17-10-13-6-5-9-19(13)4-2;/h13,20H,3-12H2,1-2H3,(H2,16,17,18);1H. The van der Waals surface area contributed by atoms with Crippen LogP contribution in [0.1, 0.15) is 39.5 Å². The highest BCUT2D eigenvalue weighted by Gasteiger charge is 2.41. The van der Waals surface area contributed by atoms with Crippen LogP contribution in [0.4, 0.5) is 0 Å². The zero-order valence-corrected chi connectivity index (χ0v) is 15.7. The maximum atomic E-state index is 9.35. The molecule has 0 radical (unpaired) electrons. The Morgan fingerprint density at radius 2 is 2.10 bits per heavy atom. The predicted octanol–water partition coefficient (Wildman–Crippen LogP) is 1.42. The van der Waals surface area contributed by atoms with Gasteiger partial charge in [0.1, 0.15) is 0 Å². The van der Waals surface area contributed by atoms with E-state index in [2.05, 4.69) is 34.4 Å². The van der Waals surface area contributed by atoms with Gasteiger partial charge in [0.2, 0.25) is 0 Å². The van der Waals surface area contributed by atoms with E-state index < -0.39 is 0 Å². The fourth-order valence-corrected chi connectivity index (χ4v) is 2.89. The summed E-state index contributed by atoms with van der Waals surface area (Å²) in [7, 11) is 0. The van der Waals surface area contributed by atoms with Crippen LogP contribution in [-0.2, 0) is 0 Å². The number of rotatable bonds is 7. The second-order valence-electron chi connectivity index (χ2n) is 6.16. The average Bonchev–Trinajstić information content (AvgIpc) is 3.11. The first-order chi connectivity index (χ1) is 9.73. The van der Waals surface area contributed by atoms with Gasteiger partial charge in [0, 0.05) is 24.5 Å². The fraction of sp³-hybridized carbons (Fsp3) is 0.933. The number of likely N-dealkylation sites (N-methyl/N-ethyl adjacent to an activating group) is 1. The summed E-state index contributed by atoms with van der Waals surface area (Å²) < 4.78 is 0. The molecule has 0 aromatic heterocycles. The van der Waals surface area contributed by atoms with Crippen LogP contribution in [0.3, 0.4) is 0 Å². The molecule has 124 valence electrons.